The fourth-order valence-electron chi connectivity index (χ4n) is 1.56. The van der Waals surface area contributed by atoms with E-state index in [9.17, 15) is 34.8 Å². The Bertz CT molecular complexity index is 664. The molecular formula is C11H10F6O3S. The van der Waals surface area contributed by atoms with Gasteiger partial charge in [-0.3, -0.25) is 0 Å². The van der Waals surface area contributed by atoms with E-state index in [1.54, 1.807) is 0 Å². The molecule has 0 saturated carbocycles. The molecule has 0 bridgehead atoms. The summed E-state index contributed by atoms with van der Waals surface area (Å²) in [5.41, 5.74) is -2.41. The lowest BCUT2D eigenvalue weighted by molar-refractivity contribution is -0.143. The van der Waals surface area contributed by atoms with Crippen LogP contribution in [0.1, 0.15) is 19.4 Å². The summed E-state index contributed by atoms with van der Waals surface area (Å²) in [7, 11) is -4.14. The van der Waals surface area contributed by atoms with E-state index in [2.05, 4.69) is 4.74 Å². The number of halogens is 6. The summed E-state index contributed by atoms with van der Waals surface area (Å²) in [4.78, 5) is -1.75. The predicted molar refractivity (Wildman–Crippen MR) is 60.2 cm³/mol. The molecule has 0 aliphatic heterocycles. The highest BCUT2D eigenvalue weighted by molar-refractivity contribution is 7.92. The molecule has 10 heteroatoms. The largest absolute Gasteiger partial charge is 0.492 e. The molecule has 1 aromatic rings. The first kappa shape index (κ1) is 17.6. The lowest BCUT2D eigenvalue weighted by Gasteiger charge is -2.19. The minimum absolute atomic E-state index is 0.648. The molecular weight excluding hydrogens is 326 g/mol. The minimum atomic E-state index is -5.55. The number of benzene rings is 1. The second-order valence-corrected chi connectivity index (χ2v) is 6.71. The van der Waals surface area contributed by atoms with Gasteiger partial charge in [-0.2, -0.15) is 17.6 Å². The van der Waals surface area contributed by atoms with Gasteiger partial charge in [0.25, 0.3) is 0 Å². The van der Waals surface area contributed by atoms with Crippen LogP contribution >= 0.6 is 0 Å². The lowest BCUT2D eigenvalue weighted by atomic mass is 10.1. The summed E-state index contributed by atoms with van der Waals surface area (Å²) in [6.45, 7) is 2.02. The predicted octanol–water partition coefficient (Wildman–Crippen LogP) is 3.31. The molecule has 0 amide bonds. The average molecular weight is 336 g/mol. The first-order valence-corrected chi connectivity index (χ1v) is 6.97. The van der Waals surface area contributed by atoms with Gasteiger partial charge in [0, 0.05) is 0 Å². The smallest absolute Gasteiger partial charge is 0.420 e. The van der Waals surface area contributed by atoms with Crippen LogP contribution in [-0.2, 0) is 16.0 Å². The van der Waals surface area contributed by atoms with Crippen LogP contribution in [0.3, 0.4) is 0 Å². The Kier molecular flexibility index (Phi) is 4.52. The second-order valence-electron chi connectivity index (χ2n) is 4.27. The molecule has 0 aliphatic carbocycles. The highest BCUT2D eigenvalue weighted by Crippen LogP contribution is 2.44. The van der Waals surface area contributed by atoms with Crippen molar-refractivity contribution < 1.29 is 39.5 Å². The summed E-state index contributed by atoms with van der Waals surface area (Å²) in [6.07, 6.45) is -5.55. The number of methoxy groups -OCH3 is 1. The Hall–Kier alpha value is -1.45. The quantitative estimate of drug-likeness (QED) is 0.483. The maximum absolute atomic E-state index is 13.5. The van der Waals surface area contributed by atoms with Gasteiger partial charge in [0.05, 0.1) is 12.4 Å². The summed E-state index contributed by atoms with van der Waals surface area (Å²) in [5.74, 6) is -8.72. The fourth-order valence-corrected chi connectivity index (χ4v) is 2.95. The first-order chi connectivity index (χ1) is 9.37. The molecule has 1 aromatic carbocycles. The van der Waals surface area contributed by atoms with Crippen molar-refractivity contribution >= 4 is 9.84 Å². The van der Waals surface area contributed by atoms with Gasteiger partial charge >= 0.3 is 6.18 Å². The highest BCUT2D eigenvalue weighted by Gasteiger charge is 2.46. The Morgan fingerprint density at radius 3 is 1.81 bits per heavy atom. The van der Waals surface area contributed by atoms with Gasteiger partial charge in [-0.15, -0.1) is 0 Å². The Morgan fingerprint density at radius 2 is 1.48 bits per heavy atom. The normalized spacial score (nSPS) is 12.9. The van der Waals surface area contributed by atoms with E-state index in [1.807, 2.05) is 0 Å². The molecule has 1 rings (SSSR count). The number of hydrogen-bond acceptors (Lipinski definition) is 3. The van der Waals surface area contributed by atoms with Gasteiger partial charge in [0.15, 0.2) is 27.2 Å². The monoisotopic (exact) mass is 336 g/mol. The molecule has 0 spiro atoms. The van der Waals surface area contributed by atoms with E-state index in [0.29, 0.717) is 7.11 Å². The van der Waals surface area contributed by atoms with Crippen molar-refractivity contribution in [2.75, 3.05) is 7.11 Å². The molecule has 21 heavy (non-hydrogen) atoms. The maximum Gasteiger partial charge on any atom is 0.420 e. The van der Waals surface area contributed by atoms with Crippen molar-refractivity contribution in [3.8, 4) is 5.75 Å². The molecule has 0 saturated heterocycles. The molecule has 0 fully saturated rings. The molecule has 0 atom stereocenters. The van der Waals surface area contributed by atoms with Crippen LogP contribution in [-0.4, -0.2) is 20.8 Å². The number of sulfone groups is 1. The van der Waals surface area contributed by atoms with Crippen molar-refractivity contribution in [3.05, 3.63) is 23.0 Å². The van der Waals surface area contributed by atoms with E-state index in [4.69, 9.17) is 0 Å². The summed E-state index contributed by atoms with van der Waals surface area (Å²) < 4.78 is 107. The summed E-state index contributed by atoms with van der Waals surface area (Å²) in [6, 6.07) is 0. The SMILES string of the molecule is COc1c(F)c(F)c(F)c(C(F)(F)F)c1S(=O)(=O)C(C)C. The van der Waals surface area contributed by atoms with E-state index in [0.717, 1.165) is 13.8 Å². The summed E-state index contributed by atoms with van der Waals surface area (Å²) in [5, 5.41) is -1.43. The summed E-state index contributed by atoms with van der Waals surface area (Å²) >= 11 is 0. The topological polar surface area (TPSA) is 43.4 Å². The standard InChI is InChI=1S/C11H10F6O3S/c1-4(2)21(18,19)10-5(11(15,16)17)6(12)7(13)8(14)9(10)20-3/h4H,1-3H3. The molecule has 0 aromatic heterocycles. The average Bonchev–Trinajstić information content (AvgIpc) is 2.33. The van der Waals surface area contributed by atoms with Crippen molar-refractivity contribution in [2.45, 2.75) is 30.2 Å². The third-order valence-corrected chi connectivity index (χ3v) is 4.83. The van der Waals surface area contributed by atoms with Crippen LogP contribution < -0.4 is 4.74 Å². The lowest BCUT2D eigenvalue weighted by Crippen LogP contribution is -2.24. The van der Waals surface area contributed by atoms with Gasteiger partial charge in [0.1, 0.15) is 10.5 Å². The Balaban J connectivity index is 4.10. The molecule has 120 valence electrons. The zero-order valence-corrected chi connectivity index (χ0v) is 11.8. The fraction of sp³-hybridized carbons (Fsp3) is 0.455. The molecule has 0 N–H and O–H groups in total. The van der Waals surface area contributed by atoms with E-state index in [-0.39, 0.29) is 0 Å². The van der Waals surface area contributed by atoms with E-state index < -0.39 is 54.9 Å². The van der Waals surface area contributed by atoms with Gasteiger partial charge in [0.2, 0.25) is 5.82 Å². The van der Waals surface area contributed by atoms with Crippen LogP contribution in [0.4, 0.5) is 26.3 Å². The Labute approximate surface area is 116 Å². The molecule has 3 nitrogen and oxygen atoms in total. The second kappa shape index (κ2) is 5.39. The molecule has 0 radical (unpaired) electrons. The van der Waals surface area contributed by atoms with Crippen LogP contribution in [0, 0.1) is 17.5 Å². The van der Waals surface area contributed by atoms with E-state index in [1.165, 1.54) is 0 Å². The van der Waals surface area contributed by atoms with Gasteiger partial charge in [-0.1, -0.05) is 0 Å². The number of rotatable bonds is 3. The van der Waals surface area contributed by atoms with Gasteiger partial charge in [-0.05, 0) is 13.8 Å². The first-order valence-electron chi connectivity index (χ1n) is 5.42. The number of ether oxygens (including phenoxy) is 1. The molecule has 0 heterocycles. The van der Waals surface area contributed by atoms with Crippen LogP contribution in [0.2, 0.25) is 0 Å². The van der Waals surface area contributed by atoms with E-state index >= 15 is 0 Å². The van der Waals surface area contributed by atoms with Crippen molar-refractivity contribution in [2.24, 2.45) is 0 Å². The molecule has 0 unspecified atom stereocenters. The van der Waals surface area contributed by atoms with Crippen molar-refractivity contribution in [3.63, 3.8) is 0 Å². The highest BCUT2D eigenvalue weighted by atomic mass is 32.2. The third kappa shape index (κ3) is 2.81. The van der Waals surface area contributed by atoms with Crippen LogP contribution in [0.25, 0.3) is 0 Å². The zero-order chi connectivity index (χ0) is 16.7. The van der Waals surface area contributed by atoms with Crippen molar-refractivity contribution in [1.29, 1.82) is 0 Å². The Morgan fingerprint density at radius 1 is 1.00 bits per heavy atom. The van der Waals surface area contributed by atoms with Gasteiger partial charge < -0.3 is 4.74 Å². The van der Waals surface area contributed by atoms with Crippen molar-refractivity contribution in [1.82, 2.24) is 0 Å². The van der Waals surface area contributed by atoms with Crippen LogP contribution in [0.5, 0.6) is 5.75 Å². The van der Waals surface area contributed by atoms with Gasteiger partial charge in [-0.25, -0.2) is 17.2 Å². The molecule has 0 aliphatic rings. The number of hydrogen-bond donors (Lipinski definition) is 0. The number of alkyl halides is 3. The zero-order valence-electron chi connectivity index (χ0n) is 11.0. The maximum atomic E-state index is 13.5. The minimum Gasteiger partial charge on any atom is -0.492 e. The third-order valence-electron chi connectivity index (χ3n) is 2.63. The van der Waals surface area contributed by atoms with Crippen LogP contribution in [0.15, 0.2) is 4.90 Å².